The maximum atomic E-state index is 13.1. The largest absolute Gasteiger partial charge is 0.497 e. The fourth-order valence-corrected chi connectivity index (χ4v) is 5.08. The first kappa shape index (κ1) is 23.5. The SMILES string of the molecule is CCC(C(=O)Nc1nnc(-c2ccc(OC)cc2)s1)N(c1cccc(OC)c1)S(C)(=O)=O. The van der Waals surface area contributed by atoms with E-state index in [-0.39, 0.29) is 11.6 Å². The van der Waals surface area contributed by atoms with E-state index in [2.05, 4.69) is 15.5 Å². The number of ether oxygens (including phenoxy) is 2. The molecule has 3 rings (SSSR count). The van der Waals surface area contributed by atoms with Crippen molar-refractivity contribution in [2.75, 3.05) is 30.1 Å². The molecule has 1 N–H and O–H groups in total. The average molecular weight is 477 g/mol. The first-order valence-corrected chi connectivity index (χ1v) is 12.4. The highest BCUT2D eigenvalue weighted by molar-refractivity contribution is 7.92. The third-order valence-electron chi connectivity index (χ3n) is 4.63. The molecule has 11 heteroatoms. The van der Waals surface area contributed by atoms with Gasteiger partial charge in [0, 0.05) is 11.6 Å². The minimum Gasteiger partial charge on any atom is -0.497 e. The molecule has 0 radical (unpaired) electrons. The molecule has 0 aliphatic heterocycles. The van der Waals surface area contributed by atoms with Gasteiger partial charge in [0.1, 0.15) is 22.5 Å². The number of methoxy groups -OCH3 is 2. The number of benzene rings is 2. The molecule has 0 spiro atoms. The molecule has 0 saturated carbocycles. The van der Waals surface area contributed by atoms with Crippen molar-refractivity contribution >= 4 is 38.1 Å². The van der Waals surface area contributed by atoms with Crippen molar-refractivity contribution in [2.45, 2.75) is 19.4 Å². The molecule has 0 bridgehead atoms. The van der Waals surface area contributed by atoms with E-state index in [9.17, 15) is 13.2 Å². The van der Waals surface area contributed by atoms with Gasteiger partial charge in [-0.3, -0.25) is 14.4 Å². The van der Waals surface area contributed by atoms with Crippen molar-refractivity contribution in [1.29, 1.82) is 0 Å². The highest BCUT2D eigenvalue weighted by Gasteiger charge is 2.32. The zero-order chi connectivity index (χ0) is 23.3. The number of anilines is 2. The van der Waals surface area contributed by atoms with Gasteiger partial charge in [-0.2, -0.15) is 0 Å². The lowest BCUT2D eigenvalue weighted by Crippen LogP contribution is -2.47. The lowest BCUT2D eigenvalue weighted by atomic mass is 10.2. The smallest absolute Gasteiger partial charge is 0.250 e. The Balaban J connectivity index is 1.84. The molecule has 3 aromatic rings. The molecule has 1 atom stereocenters. The van der Waals surface area contributed by atoms with Gasteiger partial charge in [0.25, 0.3) is 0 Å². The maximum absolute atomic E-state index is 13.1. The number of amides is 1. The third-order valence-corrected chi connectivity index (χ3v) is 6.70. The predicted octanol–water partition coefficient (Wildman–Crippen LogP) is 3.41. The van der Waals surface area contributed by atoms with E-state index >= 15 is 0 Å². The zero-order valence-electron chi connectivity index (χ0n) is 18.1. The first-order valence-electron chi connectivity index (χ1n) is 9.69. The number of aromatic nitrogens is 2. The summed E-state index contributed by atoms with van der Waals surface area (Å²) in [7, 11) is -0.687. The molecule has 1 amide bonds. The van der Waals surface area contributed by atoms with Gasteiger partial charge in [0.05, 0.1) is 26.2 Å². The summed E-state index contributed by atoms with van der Waals surface area (Å²) in [6.07, 6.45) is 1.31. The second kappa shape index (κ2) is 9.96. The Kier molecular flexibility index (Phi) is 7.31. The van der Waals surface area contributed by atoms with Crippen LogP contribution in [0, 0.1) is 0 Å². The second-order valence-corrected chi connectivity index (χ2v) is 9.65. The maximum Gasteiger partial charge on any atom is 0.250 e. The average Bonchev–Trinajstić information content (AvgIpc) is 3.24. The van der Waals surface area contributed by atoms with Gasteiger partial charge >= 0.3 is 0 Å². The number of carbonyl (C=O) groups is 1. The van der Waals surface area contributed by atoms with E-state index in [1.54, 1.807) is 50.4 Å². The quantitative estimate of drug-likeness (QED) is 0.504. The number of rotatable bonds is 9. The molecule has 1 unspecified atom stereocenters. The van der Waals surface area contributed by atoms with Gasteiger partial charge in [-0.05, 0) is 42.8 Å². The molecule has 1 heterocycles. The van der Waals surface area contributed by atoms with E-state index in [1.165, 1.54) is 18.4 Å². The van der Waals surface area contributed by atoms with Crippen LogP contribution in [0.5, 0.6) is 11.5 Å². The minimum atomic E-state index is -3.76. The minimum absolute atomic E-state index is 0.250. The standard InChI is InChI=1S/C21H24N4O5S2/c1-5-18(25(32(4,27)28)15-7-6-8-17(13-15)30-3)19(26)22-21-24-23-20(31-21)14-9-11-16(29-2)12-10-14/h6-13,18H,5H2,1-4H3,(H,22,24,26). The van der Waals surface area contributed by atoms with Crippen LogP contribution in [0.2, 0.25) is 0 Å². The summed E-state index contributed by atoms with van der Waals surface area (Å²) in [4.78, 5) is 13.1. The van der Waals surface area contributed by atoms with E-state index in [0.717, 1.165) is 21.9 Å². The van der Waals surface area contributed by atoms with Gasteiger partial charge in [0.2, 0.25) is 21.1 Å². The Morgan fingerprint density at radius 3 is 2.38 bits per heavy atom. The summed E-state index contributed by atoms with van der Waals surface area (Å²) >= 11 is 1.19. The Bertz CT molecular complexity index is 1180. The molecule has 170 valence electrons. The molecule has 2 aromatic carbocycles. The van der Waals surface area contributed by atoms with Crippen LogP contribution in [0.15, 0.2) is 48.5 Å². The van der Waals surface area contributed by atoms with Crippen molar-refractivity contribution in [3.8, 4) is 22.1 Å². The molecule has 9 nitrogen and oxygen atoms in total. The monoisotopic (exact) mass is 476 g/mol. The summed E-state index contributed by atoms with van der Waals surface area (Å²) < 4.78 is 36.6. The van der Waals surface area contributed by atoms with Gasteiger partial charge in [-0.1, -0.05) is 24.3 Å². The van der Waals surface area contributed by atoms with Gasteiger partial charge in [-0.15, -0.1) is 10.2 Å². The number of carbonyl (C=O) groups excluding carboxylic acids is 1. The lowest BCUT2D eigenvalue weighted by Gasteiger charge is -2.29. The van der Waals surface area contributed by atoms with E-state index in [0.29, 0.717) is 16.4 Å². The van der Waals surface area contributed by atoms with Crippen LogP contribution in [0.1, 0.15) is 13.3 Å². The van der Waals surface area contributed by atoms with E-state index in [1.807, 2.05) is 12.1 Å². The van der Waals surface area contributed by atoms with Crippen molar-refractivity contribution in [3.05, 3.63) is 48.5 Å². The van der Waals surface area contributed by atoms with Crippen molar-refractivity contribution in [2.24, 2.45) is 0 Å². The Labute approximate surface area is 191 Å². The topological polar surface area (TPSA) is 111 Å². The van der Waals surface area contributed by atoms with Crippen LogP contribution in [-0.4, -0.2) is 51.0 Å². The van der Waals surface area contributed by atoms with Crippen molar-refractivity contribution < 1.29 is 22.7 Å². The number of nitrogens with one attached hydrogen (secondary N) is 1. The first-order chi connectivity index (χ1) is 15.3. The van der Waals surface area contributed by atoms with Crippen molar-refractivity contribution in [1.82, 2.24) is 10.2 Å². The number of nitrogens with zero attached hydrogens (tertiary/aromatic N) is 3. The van der Waals surface area contributed by atoms with Crippen LogP contribution in [0.4, 0.5) is 10.8 Å². The lowest BCUT2D eigenvalue weighted by molar-refractivity contribution is -0.117. The summed E-state index contributed by atoms with van der Waals surface area (Å²) in [6, 6.07) is 12.9. The van der Waals surface area contributed by atoms with Crippen LogP contribution < -0.4 is 19.1 Å². The van der Waals surface area contributed by atoms with Crippen LogP contribution in [0.3, 0.4) is 0 Å². The molecular weight excluding hydrogens is 452 g/mol. The zero-order valence-corrected chi connectivity index (χ0v) is 19.7. The summed E-state index contributed by atoms with van der Waals surface area (Å²) in [5.41, 5.74) is 1.16. The molecule has 0 aliphatic carbocycles. The summed E-state index contributed by atoms with van der Waals surface area (Å²) in [6.45, 7) is 1.74. The van der Waals surface area contributed by atoms with Gasteiger partial charge < -0.3 is 9.47 Å². The predicted molar refractivity (Wildman–Crippen MR) is 125 cm³/mol. The van der Waals surface area contributed by atoms with Crippen molar-refractivity contribution in [3.63, 3.8) is 0 Å². The number of hydrogen-bond donors (Lipinski definition) is 1. The van der Waals surface area contributed by atoms with Crippen LogP contribution in [-0.2, 0) is 14.8 Å². The summed E-state index contributed by atoms with van der Waals surface area (Å²) in [5, 5.41) is 11.7. The van der Waals surface area contributed by atoms with E-state index < -0.39 is 22.0 Å². The number of sulfonamides is 1. The third kappa shape index (κ3) is 5.35. The normalized spacial score (nSPS) is 12.1. The fourth-order valence-electron chi connectivity index (χ4n) is 3.12. The Hall–Kier alpha value is -3.18. The van der Waals surface area contributed by atoms with Crippen LogP contribution >= 0.6 is 11.3 Å². The highest BCUT2D eigenvalue weighted by Crippen LogP contribution is 2.30. The van der Waals surface area contributed by atoms with Gasteiger partial charge in [0.15, 0.2) is 0 Å². The fraction of sp³-hybridized carbons (Fsp3) is 0.286. The van der Waals surface area contributed by atoms with Gasteiger partial charge in [-0.25, -0.2) is 8.42 Å². The Morgan fingerprint density at radius 2 is 1.78 bits per heavy atom. The molecule has 32 heavy (non-hydrogen) atoms. The molecular formula is C21H24N4O5S2. The van der Waals surface area contributed by atoms with Crippen LogP contribution in [0.25, 0.3) is 10.6 Å². The molecule has 1 aromatic heterocycles. The number of hydrogen-bond acceptors (Lipinski definition) is 8. The second-order valence-electron chi connectivity index (χ2n) is 6.81. The highest BCUT2D eigenvalue weighted by atomic mass is 32.2. The molecule has 0 fully saturated rings. The molecule has 0 aliphatic rings. The van der Waals surface area contributed by atoms with E-state index in [4.69, 9.17) is 9.47 Å². The Morgan fingerprint density at radius 1 is 1.09 bits per heavy atom. The summed E-state index contributed by atoms with van der Waals surface area (Å²) in [5.74, 6) is 0.703. The molecule has 0 saturated heterocycles.